The first-order valence-corrected chi connectivity index (χ1v) is 3.61. The van der Waals surface area contributed by atoms with Crippen LogP contribution >= 0.6 is 0 Å². The van der Waals surface area contributed by atoms with Gasteiger partial charge in [0.25, 0.3) is 0 Å². The molecule has 0 aromatic rings. The van der Waals surface area contributed by atoms with Gasteiger partial charge in [0.05, 0.1) is 12.1 Å². The number of rotatable bonds is 0. The zero-order valence-corrected chi connectivity index (χ0v) is 6.81. The van der Waals surface area contributed by atoms with Crippen LogP contribution in [0.5, 0.6) is 0 Å². The zero-order valence-electron chi connectivity index (χ0n) is 6.81. The Hall–Kier alpha value is -1.28. The predicted molar refractivity (Wildman–Crippen MR) is 41.3 cm³/mol. The molecule has 0 aromatic heterocycles. The zero-order chi connectivity index (χ0) is 8.48. The van der Waals surface area contributed by atoms with Crippen LogP contribution in [-0.4, -0.2) is 0 Å². The largest absolute Gasteiger partial charge is 0.197 e. The minimum atomic E-state index is -0.742. The summed E-state index contributed by atoms with van der Waals surface area (Å²) in [6.45, 7) is 3.98. The van der Waals surface area contributed by atoms with E-state index in [1.165, 1.54) is 11.1 Å². The molecule has 0 saturated heterocycles. The second kappa shape index (κ2) is 2.40. The van der Waals surface area contributed by atoms with E-state index in [0.29, 0.717) is 12.8 Å². The van der Waals surface area contributed by atoms with E-state index in [1.807, 2.05) is 13.8 Å². The molecule has 0 fully saturated rings. The Morgan fingerprint density at radius 3 is 1.64 bits per heavy atom. The number of hydrogen-bond acceptors (Lipinski definition) is 2. The van der Waals surface area contributed by atoms with Crippen molar-refractivity contribution in [1.82, 2.24) is 0 Å². The van der Waals surface area contributed by atoms with Crippen LogP contribution in [0.15, 0.2) is 11.1 Å². The molecule has 0 spiro atoms. The smallest absolute Gasteiger partial charge is 0.151 e. The lowest BCUT2D eigenvalue weighted by Crippen LogP contribution is -2.10. The van der Waals surface area contributed by atoms with Crippen molar-refractivity contribution in [3.05, 3.63) is 11.1 Å². The summed E-state index contributed by atoms with van der Waals surface area (Å²) in [6, 6.07) is 4.17. The van der Waals surface area contributed by atoms with Crippen LogP contribution in [0.3, 0.4) is 0 Å². The molecule has 1 rings (SSSR count). The highest BCUT2D eigenvalue weighted by Crippen LogP contribution is 2.40. The van der Waals surface area contributed by atoms with Crippen LogP contribution in [0.1, 0.15) is 26.7 Å². The predicted octanol–water partition coefficient (Wildman–Crippen LogP) is 2.15. The van der Waals surface area contributed by atoms with E-state index in [9.17, 15) is 0 Å². The highest BCUT2D eigenvalue weighted by atomic mass is 14.4. The third-order valence-corrected chi connectivity index (χ3v) is 2.29. The summed E-state index contributed by atoms with van der Waals surface area (Å²) in [4.78, 5) is 0. The third-order valence-electron chi connectivity index (χ3n) is 2.29. The minimum Gasteiger partial charge on any atom is -0.197 e. The molecule has 0 heterocycles. The van der Waals surface area contributed by atoms with Crippen molar-refractivity contribution in [1.29, 1.82) is 10.5 Å². The molecule has 0 atom stereocenters. The van der Waals surface area contributed by atoms with E-state index in [-0.39, 0.29) is 0 Å². The SMILES string of the molecule is CC1=C(C)CC(C#N)(C#N)C1. The van der Waals surface area contributed by atoms with Gasteiger partial charge in [-0.2, -0.15) is 10.5 Å². The Morgan fingerprint density at radius 2 is 1.45 bits per heavy atom. The van der Waals surface area contributed by atoms with Gasteiger partial charge in [0.15, 0.2) is 5.41 Å². The highest BCUT2D eigenvalue weighted by Gasteiger charge is 2.36. The minimum absolute atomic E-state index is 0.631. The molecule has 0 unspecified atom stereocenters. The molecule has 0 N–H and O–H groups in total. The lowest BCUT2D eigenvalue weighted by molar-refractivity contribution is 0.554. The standard InChI is InChI=1S/C9H10N2/c1-7-3-9(5-10,6-11)4-8(7)2/h3-4H2,1-2H3. The summed E-state index contributed by atoms with van der Waals surface area (Å²) in [5, 5.41) is 17.5. The van der Waals surface area contributed by atoms with Gasteiger partial charge in [0.1, 0.15) is 0 Å². The van der Waals surface area contributed by atoms with Gasteiger partial charge in [0.2, 0.25) is 0 Å². The average molecular weight is 146 g/mol. The lowest BCUT2D eigenvalue weighted by atomic mass is 9.87. The normalized spacial score (nSPS) is 21.1. The van der Waals surface area contributed by atoms with Crippen LogP contribution in [-0.2, 0) is 0 Å². The van der Waals surface area contributed by atoms with Gasteiger partial charge in [-0.1, -0.05) is 11.1 Å². The number of hydrogen-bond donors (Lipinski definition) is 0. The van der Waals surface area contributed by atoms with Crippen LogP contribution in [0, 0.1) is 28.1 Å². The molecule has 56 valence electrons. The molecule has 11 heavy (non-hydrogen) atoms. The van der Waals surface area contributed by atoms with E-state index in [2.05, 4.69) is 12.1 Å². The number of allylic oxidation sites excluding steroid dienone is 2. The molecule has 0 aromatic carbocycles. The molecule has 0 aliphatic heterocycles. The molecule has 2 heteroatoms. The van der Waals surface area contributed by atoms with Gasteiger partial charge >= 0.3 is 0 Å². The van der Waals surface area contributed by atoms with E-state index in [0.717, 1.165) is 0 Å². The molecule has 1 aliphatic carbocycles. The van der Waals surface area contributed by atoms with E-state index in [1.54, 1.807) is 0 Å². The van der Waals surface area contributed by atoms with Crippen molar-refractivity contribution in [2.45, 2.75) is 26.7 Å². The molecule has 0 saturated carbocycles. The Kier molecular flexibility index (Phi) is 1.71. The molecule has 0 radical (unpaired) electrons. The second-order valence-corrected chi connectivity index (χ2v) is 3.22. The van der Waals surface area contributed by atoms with Gasteiger partial charge in [-0.25, -0.2) is 0 Å². The maximum absolute atomic E-state index is 8.75. The van der Waals surface area contributed by atoms with Gasteiger partial charge < -0.3 is 0 Å². The van der Waals surface area contributed by atoms with Gasteiger partial charge in [0, 0.05) is 12.8 Å². The van der Waals surface area contributed by atoms with E-state index >= 15 is 0 Å². The maximum atomic E-state index is 8.75. The summed E-state index contributed by atoms with van der Waals surface area (Å²) in [5.74, 6) is 0. The Balaban J connectivity index is 2.91. The topological polar surface area (TPSA) is 47.6 Å². The second-order valence-electron chi connectivity index (χ2n) is 3.22. The van der Waals surface area contributed by atoms with E-state index < -0.39 is 5.41 Å². The van der Waals surface area contributed by atoms with Crippen molar-refractivity contribution in [3.63, 3.8) is 0 Å². The van der Waals surface area contributed by atoms with Crippen LogP contribution in [0.2, 0.25) is 0 Å². The van der Waals surface area contributed by atoms with Crippen molar-refractivity contribution >= 4 is 0 Å². The van der Waals surface area contributed by atoms with Crippen molar-refractivity contribution in [2.75, 3.05) is 0 Å². The van der Waals surface area contributed by atoms with Crippen LogP contribution in [0.25, 0.3) is 0 Å². The quantitative estimate of drug-likeness (QED) is 0.491. The molecule has 1 aliphatic rings. The summed E-state index contributed by atoms with van der Waals surface area (Å²) in [7, 11) is 0. The van der Waals surface area contributed by atoms with Gasteiger partial charge in [-0.05, 0) is 13.8 Å². The Morgan fingerprint density at radius 1 is 1.09 bits per heavy atom. The summed E-state index contributed by atoms with van der Waals surface area (Å²) < 4.78 is 0. The van der Waals surface area contributed by atoms with Crippen molar-refractivity contribution in [2.24, 2.45) is 5.41 Å². The van der Waals surface area contributed by atoms with Gasteiger partial charge in [-0.3, -0.25) is 0 Å². The summed E-state index contributed by atoms with van der Waals surface area (Å²) in [6.07, 6.45) is 1.26. The molecule has 2 nitrogen and oxygen atoms in total. The molecular weight excluding hydrogens is 136 g/mol. The van der Waals surface area contributed by atoms with Crippen LogP contribution in [0.4, 0.5) is 0 Å². The lowest BCUT2D eigenvalue weighted by Gasteiger charge is -2.08. The maximum Gasteiger partial charge on any atom is 0.151 e. The monoisotopic (exact) mass is 146 g/mol. The Bertz CT molecular complexity index is 256. The fourth-order valence-electron chi connectivity index (χ4n) is 1.45. The molecule has 0 bridgehead atoms. The molecular formula is C9H10N2. The first-order chi connectivity index (χ1) is 5.13. The number of nitriles is 2. The van der Waals surface area contributed by atoms with Crippen molar-refractivity contribution < 1.29 is 0 Å². The Labute approximate surface area is 66.7 Å². The average Bonchev–Trinajstić information content (AvgIpc) is 2.29. The van der Waals surface area contributed by atoms with E-state index in [4.69, 9.17) is 10.5 Å². The van der Waals surface area contributed by atoms with Gasteiger partial charge in [-0.15, -0.1) is 0 Å². The fraction of sp³-hybridized carbons (Fsp3) is 0.556. The summed E-state index contributed by atoms with van der Waals surface area (Å²) >= 11 is 0. The highest BCUT2D eigenvalue weighted by molar-refractivity contribution is 5.32. The van der Waals surface area contributed by atoms with Crippen molar-refractivity contribution in [3.8, 4) is 12.1 Å². The number of nitrogens with zero attached hydrogens (tertiary/aromatic N) is 2. The third kappa shape index (κ3) is 1.12. The van der Waals surface area contributed by atoms with Crippen LogP contribution < -0.4 is 0 Å². The first-order valence-electron chi connectivity index (χ1n) is 3.61. The molecule has 0 amide bonds. The first kappa shape index (κ1) is 7.82. The summed E-state index contributed by atoms with van der Waals surface area (Å²) in [5.41, 5.74) is 1.66. The fourth-order valence-corrected chi connectivity index (χ4v) is 1.45.